The Morgan fingerprint density at radius 3 is 3.00 bits per heavy atom. The summed E-state index contributed by atoms with van der Waals surface area (Å²) in [5, 5.41) is 3.11. The second-order valence-corrected chi connectivity index (χ2v) is 6.69. The number of piperidine rings is 1. The van der Waals surface area contributed by atoms with Gasteiger partial charge in [-0.3, -0.25) is 0 Å². The maximum absolute atomic E-state index is 12.5. The number of fused-ring (bicyclic) bond motifs is 1. The maximum atomic E-state index is 12.5. The summed E-state index contributed by atoms with van der Waals surface area (Å²) in [4.78, 5) is 29.3. The van der Waals surface area contributed by atoms with Crippen LogP contribution in [0.5, 0.6) is 0 Å². The number of aromatic nitrogens is 4. The van der Waals surface area contributed by atoms with Crippen LogP contribution in [0.25, 0.3) is 0 Å². The van der Waals surface area contributed by atoms with E-state index in [-0.39, 0.29) is 6.03 Å². The first kappa shape index (κ1) is 15.9. The zero-order valence-electron chi connectivity index (χ0n) is 14.2. The summed E-state index contributed by atoms with van der Waals surface area (Å²) >= 11 is 0. The molecule has 0 saturated carbocycles. The highest BCUT2D eigenvalue weighted by atomic mass is 16.2. The van der Waals surface area contributed by atoms with Crippen molar-refractivity contribution in [3.05, 3.63) is 36.7 Å². The van der Waals surface area contributed by atoms with Crippen LogP contribution in [0.15, 0.2) is 31.0 Å². The molecule has 25 heavy (non-hydrogen) atoms. The van der Waals surface area contributed by atoms with Crippen molar-refractivity contribution in [3.63, 3.8) is 0 Å². The topological polar surface area (TPSA) is 79.2 Å². The van der Waals surface area contributed by atoms with Gasteiger partial charge in [-0.15, -0.1) is 0 Å². The molecule has 0 aromatic carbocycles. The van der Waals surface area contributed by atoms with Crippen molar-refractivity contribution in [3.8, 4) is 0 Å². The fraction of sp³-hybridized carbons (Fsp3) is 0.529. The molecule has 8 nitrogen and oxygen atoms in total. The van der Waals surface area contributed by atoms with Crippen molar-refractivity contribution in [1.29, 1.82) is 0 Å². The number of nitrogens with one attached hydrogen (secondary N) is 1. The van der Waals surface area contributed by atoms with Crippen LogP contribution in [-0.4, -0.2) is 56.6 Å². The van der Waals surface area contributed by atoms with E-state index in [9.17, 15) is 4.79 Å². The Bertz CT molecular complexity index is 717. The zero-order chi connectivity index (χ0) is 17.1. The van der Waals surface area contributed by atoms with E-state index in [1.54, 1.807) is 12.4 Å². The smallest absolute Gasteiger partial charge is 0.317 e. The predicted octanol–water partition coefficient (Wildman–Crippen LogP) is 1.11. The van der Waals surface area contributed by atoms with E-state index in [2.05, 4.69) is 29.7 Å². The second kappa shape index (κ2) is 7.08. The Hall–Kier alpha value is -2.64. The normalized spacial score (nSPS) is 20.2. The van der Waals surface area contributed by atoms with Gasteiger partial charge in [0, 0.05) is 51.3 Å². The molecule has 1 atom stereocenters. The van der Waals surface area contributed by atoms with E-state index in [0.717, 1.165) is 50.7 Å². The van der Waals surface area contributed by atoms with E-state index in [0.29, 0.717) is 19.0 Å². The van der Waals surface area contributed by atoms with Crippen molar-refractivity contribution in [2.75, 3.05) is 31.1 Å². The molecule has 0 aliphatic carbocycles. The van der Waals surface area contributed by atoms with Gasteiger partial charge in [0.05, 0.1) is 18.6 Å². The Morgan fingerprint density at radius 1 is 1.24 bits per heavy atom. The van der Waals surface area contributed by atoms with Gasteiger partial charge in [-0.2, -0.15) is 0 Å². The molecule has 132 valence electrons. The van der Waals surface area contributed by atoms with Crippen LogP contribution >= 0.6 is 0 Å². The molecule has 4 heterocycles. The lowest BCUT2D eigenvalue weighted by Crippen LogP contribution is -2.47. The van der Waals surface area contributed by atoms with Crippen molar-refractivity contribution >= 4 is 12.0 Å². The summed E-state index contributed by atoms with van der Waals surface area (Å²) < 4.78 is 2.10. The van der Waals surface area contributed by atoms with Gasteiger partial charge in [-0.25, -0.2) is 19.7 Å². The lowest BCUT2D eigenvalue weighted by Gasteiger charge is -2.33. The number of urea groups is 1. The first-order valence-corrected chi connectivity index (χ1v) is 8.83. The van der Waals surface area contributed by atoms with Crippen LogP contribution in [-0.2, 0) is 13.1 Å². The minimum Gasteiger partial charge on any atom is -0.340 e. The number of carbonyl (C=O) groups excluding carboxylic acids is 1. The number of hydrogen-bond donors (Lipinski definition) is 1. The van der Waals surface area contributed by atoms with Gasteiger partial charge < -0.3 is 19.7 Å². The van der Waals surface area contributed by atoms with Gasteiger partial charge >= 0.3 is 6.03 Å². The van der Waals surface area contributed by atoms with Crippen molar-refractivity contribution < 1.29 is 4.79 Å². The summed E-state index contributed by atoms with van der Waals surface area (Å²) in [6.07, 6.45) is 9.42. The Balaban J connectivity index is 1.29. The highest BCUT2D eigenvalue weighted by Crippen LogP contribution is 2.19. The van der Waals surface area contributed by atoms with Crippen LogP contribution in [0.2, 0.25) is 0 Å². The molecule has 2 aliphatic rings. The lowest BCUT2D eigenvalue weighted by atomic mass is 9.98. The summed E-state index contributed by atoms with van der Waals surface area (Å²) in [5.74, 6) is 1.21. The molecule has 0 unspecified atom stereocenters. The zero-order valence-corrected chi connectivity index (χ0v) is 14.2. The molecule has 2 amide bonds. The Morgan fingerprint density at radius 2 is 2.12 bits per heavy atom. The van der Waals surface area contributed by atoms with Gasteiger partial charge in [0.15, 0.2) is 0 Å². The van der Waals surface area contributed by atoms with Crippen molar-refractivity contribution in [2.24, 2.45) is 5.92 Å². The van der Waals surface area contributed by atoms with Crippen LogP contribution in [0.1, 0.15) is 18.5 Å². The average Bonchev–Trinajstić information content (AvgIpc) is 3.15. The van der Waals surface area contributed by atoms with Crippen molar-refractivity contribution in [1.82, 2.24) is 29.7 Å². The molecule has 1 fully saturated rings. The largest absolute Gasteiger partial charge is 0.340 e. The number of imidazole rings is 1. The first-order valence-electron chi connectivity index (χ1n) is 8.83. The SMILES string of the molecule is O=C(NC[C@@H]1CCCN(c2ncccn2)C1)N1CCn2cncc2C1. The molecule has 4 rings (SSSR count). The summed E-state index contributed by atoms with van der Waals surface area (Å²) in [6, 6.07) is 1.84. The molecule has 0 radical (unpaired) electrons. The molecule has 2 aromatic rings. The monoisotopic (exact) mass is 341 g/mol. The van der Waals surface area contributed by atoms with Crippen LogP contribution in [0, 0.1) is 5.92 Å². The first-order chi connectivity index (χ1) is 12.3. The molecule has 1 N–H and O–H groups in total. The highest BCUT2D eigenvalue weighted by Gasteiger charge is 2.24. The minimum atomic E-state index is 0.0144. The van der Waals surface area contributed by atoms with Gasteiger partial charge in [0.1, 0.15) is 0 Å². The van der Waals surface area contributed by atoms with E-state index in [1.807, 2.05) is 23.5 Å². The van der Waals surface area contributed by atoms with E-state index in [1.165, 1.54) is 0 Å². The van der Waals surface area contributed by atoms with Gasteiger partial charge in [-0.1, -0.05) is 0 Å². The Kier molecular flexibility index (Phi) is 4.49. The third kappa shape index (κ3) is 3.57. The van der Waals surface area contributed by atoms with Gasteiger partial charge in [0.25, 0.3) is 0 Å². The van der Waals surface area contributed by atoms with Gasteiger partial charge in [-0.05, 0) is 24.8 Å². The fourth-order valence-electron chi connectivity index (χ4n) is 3.57. The molecule has 1 saturated heterocycles. The number of amides is 2. The molecule has 0 bridgehead atoms. The third-order valence-corrected chi connectivity index (χ3v) is 4.95. The van der Waals surface area contributed by atoms with E-state index >= 15 is 0 Å². The molecular formula is C17H23N7O. The average molecular weight is 341 g/mol. The number of hydrogen-bond acceptors (Lipinski definition) is 5. The summed E-state index contributed by atoms with van der Waals surface area (Å²) in [7, 11) is 0. The van der Waals surface area contributed by atoms with E-state index < -0.39 is 0 Å². The molecule has 8 heteroatoms. The standard InChI is InChI=1S/C17H23N7O/c25-17(23-7-8-24-13-18-10-15(24)12-23)21-9-14-3-1-6-22(11-14)16-19-4-2-5-20-16/h2,4-5,10,13-14H,1,3,6-9,11-12H2,(H,21,25)/t14-/m0/s1. The number of rotatable bonds is 3. The second-order valence-electron chi connectivity index (χ2n) is 6.69. The minimum absolute atomic E-state index is 0.0144. The van der Waals surface area contributed by atoms with Crippen molar-refractivity contribution in [2.45, 2.75) is 25.9 Å². The summed E-state index contributed by atoms with van der Waals surface area (Å²) in [5.41, 5.74) is 1.09. The fourth-order valence-corrected chi connectivity index (χ4v) is 3.57. The summed E-state index contributed by atoms with van der Waals surface area (Å²) in [6.45, 7) is 4.72. The third-order valence-electron chi connectivity index (χ3n) is 4.95. The molecule has 2 aliphatic heterocycles. The lowest BCUT2D eigenvalue weighted by molar-refractivity contribution is 0.181. The number of nitrogens with zero attached hydrogens (tertiary/aromatic N) is 6. The molecular weight excluding hydrogens is 318 g/mol. The molecule has 2 aromatic heterocycles. The van der Waals surface area contributed by atoms with Crippen LogP contribution in [0.4, 0.5) is 10.7 Å². The quantitative estimate of drug-likeness (QED) is 0.905. The van der Waals surface area contributed by atoms with Gasteiger partial charge in [0.2, 0.25) is 5.95 Å². The van der Waals surface area contributed by atoms with E-state index in [4.69, 9.17) is 0 Å². The maximum Gasteiger partial charge on any atom is 0.317 e. The highest BCUT2D eigenvalue weighted by molar-refractivity contribution is 5.74. The molecule has 0 spiro atoms. The predicted molar refractivity (Wildman–Crippen MR) is 93.0 cm³/mol. The van der Waals surface area contributed by atoms with Crippen LogP contribution in [0.3, 0.4) is 0 Å². The Labute approximate surface area is 146 Å². The van der Waals surface area contributed by atoms with Crippen LogP contribution < -0.4 is 10.2 Å². The number of carbonyl (C=O) groups is 1. The number of anilines is 1.